The van der Waals surface area contributed by atoms with E-state index in [2.05, 4.69) is 4.98 Å². The number of aromatic nitrogens is 2. The van der Waals surface area contributed by atoms with Gasteiger partial charge in [-0.1, -0.05) is 30.3 Å². The average Bonchev–Trinajstić information content (AvgIpc) is 2.67. The molecule has 0 spiro atoms. The molecule has 1 unspecified atom stereocenters. The molecular weight excluding hydrogens is 246 g/mol. The normalized spacial score (nSPS) is 13.8. The van der Waals surface area contributed by atoms with Gasteiger partial charge in [0.05, 0.1) is 7.37 Å². The first-order valence-electron chi connectivity index (χ1n) is 4.91. The summed E-state index contributed by atoms with van der Waals surface area (Å²) >= 11 is 0. The van der Waals surface area contributed by atoms with Gasteiger partial charge in [-0.3, -0.25) is 0 Å². The Labute approximate surface area is 122 Å². The number of imidazole rings is 1. The van der Waals surface area contributed by atoms with Crippen molar-refractivity contribution in [3.8, 4) is 0 Å². The van der Waals surface area contributed by atoms with Crippen LogP contribution < -0.4 is 40.0 Å². The summed E-state index contributed by atoms with van der Waals surface area (Å²) < 4.78 is 13.1. The third-order valence-electron chi connectivity index (χ3n) is 2.25. The van der Waals surface area contributed by atoms with E-state index in [1.54, 1.807) is 10.8 Å². The van der Waals surface area contributed by atoms with Crippen molar-refractivity contribution < 1.29 is 39.0 Å². The Balaban J connectivity index is 0.00000144. The SMILES string of the molecule is CP(=O)([O-])c1nccn1Cc1ccccc1.[Na+]. The van der Waals surface area contributed by atoms with Gasteiger partial charge >= 0.3 is 29.6 Å². The van der Waals surface area contributed by atoms with Crippen molar-refractivity contribution in [3.63, 3.8) is 0 Å². The van der Waals surface area contributed by atoms with Crippen LogP contribution in [-0.4, -0.2) is 16.2 Å². The molecule has 0 aliphatic carbocycles. The number of benzene rings is 1. The van der Waals surface area contributed by atoms with Crippen molar-refractivity contribution >= 4 is 12.9 Å². The molecule has 17 heavy (non-hydrogen) atoms. The van der Waals surface area contributed by atoms with Crippen molar-refractivity contribution in [2.75, 3.05) is 6.66 Å². The Morgan fingerprint density at radius 3 is 2.59 bits per heavy atom. The first-order chi connectivity index (χ1) is 7.57. The molecule has 2 rings (SSSR count). The van der Waals surface area contributed by atoms with E-state index >= 15 is 0 Å². The smallest absolute Gasteiger partial charge is 0.794 e. The van der Waals surface area contributed by atoms with E-state index in [1.807, 2.05) is 30.3 Å². The number of nitrogens with zero attached hydrogens (tertiary/aromatic N) is 2. The fourth-order valence-corrected chi connectivity index (χ4v) is 2.44. The van der Waals surface area contributed by atoms with E-state index in [-0.39, 0.29) is 35.1 Å². The number of hydrogen-bond acceptors (Lipinski definition) is 3. The van der Waals surface area contributed by atoms with Crippen LogP contribution in [-0.2, 0) is 11.1 Å². The van der Waals surface area contributed by atoms with E-state index in [4.69, 9.17) is 0 Å². The molecule has 2 aromatic rings. The fraction of sp³-hybridized carbons (Fsp3) is 0.182. The minimum Gasteiger partial charge on any atom is -0.794 e. The Morgan fingerprint density at radius 2 is 2.00 bits per heavy atom. The summed E-state index contributed by atoms with van der Waals surface area (Å²) in [6.45, 7) is 1.72. The van der Waals surface area contributed by atoms with Crippen molar-refractivity contribution in [2.45, 2.75) is 6.54 Å². The summed E-state index contributed by atoms with van der Waals surface area (Å²) in [4.78, 5) is 15.3. The topological polar surface area (TPSA) is 57.9 Å². The number of rotatable bonds is 3. The van der Waals surface area contributed by atoms with Gasteiger partial charge in [-0.05, 0) is 12.2 Å². The van der Waals surface area contributed by atoms with Crippen molar-refractivity contribution in [1.82, 2.24) is 9.55 Å². The largest absolute Gasteiger partial charge is 1.00 e. The Bertz CT molecular complexity index is 521. The molecular formula is C11H12N2NaO2P. The molecule has 84 valence electrons. The molecule has 0 saturated heterocycles. The van der Waals surface area contributed by atoms with Crippen molar-refractivity contribution in [2.24, 2.45) is 0 Å². The molecule has 1 atom stereocenters. The maximum Gasteiger partial charge on any atom is 1.00 e. The average molecular weight is 258 g/mol. The van der Waals surface area contributed by atoms with Crippen LogP contribution in [0.4, 0.5) is 0 Å². The maximum absolute atomic E-state index is 11.4. The predicted molar refractivity (Wildman–Crippen MR) is 60.9 cm³/mol. The minimum absolute atomic E-state index is 0. The molecule has 1 heterocycles. The minimum atomic E-state index is -3.54. The van der Waals surface area contributed by atoms with Gasteiger partial charge in [0.25, 0.3) is 0 Å². The van der Waals surface area contributed by atoms with Gasteiger partial charge in [-0.15, -0.1) is 0 Å². The van der Waals surface area contributed by atoms with Gasteiger partial charge in [0.2, 0.25) is 0 Å². The Morgan fingerprint density at radius 1 is 1.35 bits per heavy atom. The molecule has 0 bridgehead atoms. The molecule has 0 aliphatic heterocycles. The maximum atomic E-state index is 11.4. The zero-order chi connectivity index (χ0) is 11.6. The molecule has 0 saturated carbocycles. The van der Waals surface area contributed by atoms with Gasteiger partial charge in [-0.2, -0.15) is 0 Å². The monoisotopic (exact) mass is 258 g/mol. The van der Waals surface area contributed by atoms with Crippen LogP contribution >= 0.6 is 7.37 Å². The van der Waals surface area contributed by atoms with Crippen molar-refractivity contribution in [1.29, 1.82) is 0 Å². The summed E-state index contributed by atoms with van der Waals surface area (Å²) in [6, 6.07) is 9.68. The molecule has 4 nitrogen and oxygen atoms in total. The van der Waals surface area contributed by atoms with Crippen LogP contribution in [0.5, 0.6) is 0 Å². The summed E-state index contributed by atoms with van der Waals surface area (Å²) in [5.74, 6) is 0. The predicted octanol–water partition coefficient (Wildman–Crippen LogP) is -2.17. The van der Waals surface area contributed by atoms with Crippen LogP contribution in [0, 0.1) is 0 Å². The third kappa shape index (κ3) is 3.80. The van der Waals surface area contributed by atoms with Gasteiger partial charge in [-0.25, -0.2) is 4.98 Å². The summed E-state index contributed by atoms with van der Waals surface area (Å²) in [5, 5.41) is 0. The zero-order valence-electron chi connectivity index (χ0n) is 9.91. The van der Waals surface area contributed by atoms with Crippen molar-refractivity contribution in [3.05, 3.63) is 48.3 Å². The van der Waals surface area contributed by atoms with Gasteiger partial charge in [0.15, 0.2) is 5.57 Å². The first kappa shape index (κ1) is 14.7. The second-order valence-electron chi connectivity index (χ2n) is 3.69. The van der Waals surface area contributed by atoms with Gasteiger partial charge < -0.3 is 14.0 Å². The summed E-state index contributed by atoms with van der Waals surface area (Å²) in [6.07, 6.45) is 3.18. The van der Waals surface area contributed by atoms with E-state index in [1.165, 1.54) is 12.9 Å². The van der Waals surface area contributed by atoms with E-state index in [9.17, 15) is 9.46 Å². The standard InChI is InChI=1S/C11H13N2O2P.Na/c1-16(14,15)11-12-7-8-13(11)9-10-5-3-2-4-6-10;/h2-8H,9H2,1H3,(H,14,15);/q;+1/p-1. The van der Waals surface area contributed by atoms with Crippen LogP contribution in [0.2, 0.25) is 0 Å². The molecule has 0 fully saturated rings. The van der Waals surface area contributed by atoms with Gasteiger partial charge in [0, 0.05) is 18.9 Å². The molecule has 0 radical (unpaired) electrons. The Hall–Kier alpha value is -0.380. The number of hydrogen-bond donors (Lipinski definition) is 0. The second-order valence-corrected chi connectivity index (χ2v) is 5.78. The molecule has 0 aliphatic rings. The van der Waals surface area contributed by atoms with E-state index in [0.717, 1.165) is 5.56 Å². The first-order valence-corrected chi connectivity index (χ1v) is 6.99. The zero-order valence-corrected chi connectivity index (χ0v) is 12.8. The fourth-order valence-electron chi connectivity index (χ4n) is 1.56. The molecule has 6 heteroatoms. The van der Waals surface area contributed by atoms with Gasteiger partial charge in [0.1, 0.15) is 0 Å². The summed E-state index contributed by atoms with van der Waals surface area (Å²) in [5.41, 5.74) is 1.19. The molecule has 0 amide bonds. The third-order valence-corrected chi connectivity index (χ3v) is 3.35. The van der Waals surface area contributed by atoms with Crippen LogP contribution in [0.25, 0.3) is 0 Å². The molecule has 1 aromatic carbocycles. The van der Waals surface area contributed by atoms with Crippen LogP contribution in [0.3, 0.4) is 0 Å². The quantitative estimate of drug-likeness (QED) is 0.465. The van der Waals surface area contributed by atoms with Crippen LogP contribution in [0.1, 0.15) is 5.56 Å². The van der Waals surface area contributed by atoms with E-state index < -0.39 is 7.37 Å². The summed E-state index contributed by atoms with van der Waals surface area (Å²) in [7, 11) is -3.54. The Kier molecular flexibility index (Phi) is 5.17. The molecule has 0 N–H and O–H groups in total. The second kappa shape index (κ2) is 5.98. The molecule has 1 aromatic heterocycles. The van der Waals surface area contributed by atoms with E-state index in [0.29, 0.717) is 6.54 Å². The van der Waals surface area contributed by atoms with Crippen LogP contribution in [0.15, 0.2) is 42.7 Å².